The van der Waals surface area contributed by atoms with E-state index in [1.54, 1.807) is 36.8 Å². The fourth-order valence-corrected chi connectivity index (χ4v) is 1.54. The summed E-state index contributed by atoms with van der Waals surface area (Å²) in [6.07, 6.45) is 3.59. The van der Waals surface area contributed by atoms with E-state index in [1.807, 2.05) is 4.57 Å². The van der Waals surface area contributed by atoms with E-state index >= 15 is 0 Å². The van der Waals surface area contributed by atoms with E-state index in [4.69, 9.17) is 10.00 Å². The van der Waals surface area contributed by atoms with Crippen LogP contribution in [0.1, 0.15) is 18.2 Å². The Morgan fingerprint density at radius 2 is 2.12 bits per heavy atom. The molecule has 1 aromatic carbocycles. The van der Waals surface area contributed by atoms with Crippen molar-refractivity contribution < 1.29 is 4.74 Å². The van der Waals surface area contributed by atoms with E-state index in [-0.39, 0.29) is 0 Å². The van der Waals surface area contributed by atoms with Gasteiger partial charge in [-0.1, -0.05) is 0 Å². The molecule has 1 heterocycles. The summed E-state index contributed by atoms with van der Waals surface area (Å²) in [5, 5.41) is 8.67. The molecule has 0 amide bonds. The molecule has 0 unspecified atom stereocenters. The highest BCUT2D eigenvalue weighted by Gasteiger charge is 2.01. The van der Waals surface area contributed by atoms with Crippen LogP contribution in [-0.2, 0) is 13.2 Å². The molecule has 1 aromatic heterocycles. The molecule has 4 heteroatoms. The minimum atomic E-state index is 0.486. The Kier molecular flexibility index (Phi) is 3.41. The highest BCUT2D eigenvalue weighted by Crippen LogP contribution is 2.13. The maximum absolute atomic E-state index is 8.67. The smallest absolute Gasteiger partial charge is 0.130 e. The van der Waals surface area contributed by atoms with Crippen LogP contribution in [-0.4, -0.2) is 9.55 Å². The number of hydrogen-bond donors (Lipinski definition) is 0. The normalized spacial score (nSPS) is 9.88. The van der Waals surface area contributed by atoms with Gasteiger partial charge in [-0.2, -0.15) is 5.26 Å². The molecular weight excluding hydrogens is 214 g/mol. The lowest BCUT2D eigenvalue weighted by Gasteiger charge is -2.07. The average Bonchev–Trinajstić information content (AvgIpc) is 2.84. The first-order valence-electron chi connectivity index (χ1n) is 5.45. The van der Waals surface area contributed by atoms with E-state index < -0.39 is 0 Å². The van der Waals surface area contributed by atoms with Crippen molar-refractivity contribution in [2.75, 3.05) is 0 Å². The molecule has 0 aliphatic heterocycles. The second kappa shape index (κ2) is 5.17. The fourth-order valence-electron chi connectivity index (χ4n) is 1.54. The Balaban J connectivity index is 2.00. The van der Waals surface area contributed by atoms with Crippen molar-refractivity contribution in [2.24, 2.45) is 0 Å². The summed E-state index contributed by atoms with van der Waals surface area (Å²) in [5.41, 5.74) is 1.67. The van der Waals surface area contributed by atoms with Gasteiger partial charge in [0.05, 0.1) is 29.9 Å². The molecule has 4 nitrogen and oxygen atoms in total. The van der Waals surface area contributed by atoms with Gasteiger partial charge in [0.2, 0.25) is 0 Å². The lowest BCUT2D eigenvalue weighted by Crippen LogP contribution is -2.03. The molecule has 17 heavy (non-hydrogen) atoms. The third kappa shape index (κ3) is 2.64. The fraction of sp³-hybridized carbons (Fsp3) is 0.231. The molecule has 86 valence electrons. The van der Waals surface area contributed by atoms with Crippen LogP contribution >= 0.6 is 0 Å². The highest BCUT2D eigenvalue weighted by atomic mass is 16.5. The highest BCUT2D eigenvalue weighted by molar-refractivity contribution is 5.34. The summed E-state index contributed by atoms with van der Waals surface area (Å²) < 4.78 is 7.65. The third-order valence-electron chi connectivity index (χ3n) is 2.51. The van der Waals surface area contributed by atoms with Crippen LogP contribution in [0.4, 0.5) is 0 Å². The molecule has 0 saturated heterocycles. The first-order chi connectivity index (χ1) is 8.33. The number of aromatic nitrogens is 2. The molecule has 0 spiro atoms. The number of hydrogen-bond acceptors (Lipinski definition) is 3. The first-order valence-corrected chi connectivity index (χ1v) is 5.45. The predicted molar refractivity (Wildman–Crippen MR) is 63.4 cm³/mol. The Labute approximate surface area is 100 Å². The Hall–Kier alpha value is -2.28. The molecule has 2 rings (SSSR count). The van der Waals surface area contributed by atoms with Crippen LogP contribution in [0.2, 0.25) is 0 Å². The maximum atomic E-state index is 8.67. The minimum absolute atomic E-state index is 0.486. The molecule has 0 aliphatic carbocycles. The zero-order chi connectivity index (χ0) is 12.1. The number of ether oxygens (including phenoxy) is 1. The van der Waals surface area contributed by atoms with E-state index in [0.29, 0.717) is 12.2 Å². The van der Waals surface area contributed by atoms with Gasteiger partial charge in [-0.25, -0.2) is 4.98 Å². The van der Waals surface area contributed by atoms with Gasteiger partial charge in [-0.05, 0) is 31.2 Å². The lowest BCUT2D eigenvalue weighted by molar-refractivity contribution is 0.295. The summed E-state index contributed by atoms with van der Waals surface area (Å²) >= 11 is 0. The van der Waals surface area contributed by atoms with Gasteiger partial charge in [0.15, 0.2) is 0 Å². The van der Waals surface area contributed by atoms with Gasteiger partial charge in [0.1, 0.15) is 12.4 Å². The molecule has 0 N–H and O–H groups in total. The summed E-state index contributed by atoms with van der Waals surface area (Å²) in [6.45, 7) is 3.43. The monoisotopic (exact) mass is 227 g/mol. The van der Waals surface area contributed by atoms with Crippen molar-refractivity contribution >= 4 is 0 Å². The number of imidazole rings is 1. The van der Waals surface area contributed by atoms with Crippen molar-refractivity contribution in [3.05, 3.63) is 48.0 Å². The molecule has 0 atom stereocenters. The average molecular weight is 227 g/mol. The quantitative estimate of drug-likeness (QED) is 0.805. The van der Waals surface area contributed by atoms with Crippen molar-refractivity contribution in [1.82, 2.24) is 9.55 Å². The predicted octanol–water partition coefficient (Wildman–Crippen LogP) is 2.35. The van der Waals surface area contributed by atoms with Crippen molar-refractivity contribution in [2.45, 2.75) is 20.1 Å². The maximum Gasteiger partial charge on any atom is 0.130 e. The van der Waals surface area contributed by atoms with Crippen LogP contribution in [0.3, 0.4) is 0 Å². The summed E-state index contributed by atoms with van der Waals surface area (Å²) in [6, 6.07) is 9.15. The zero-order valence-electron chi connectivity index (χ0n) is 9.63. The van der Waals surface area contributed by atoms with E-state index in [1.165, 1.54) is 0 Å². The van der Waals surface area contributed by atoms with Crippen molar-refractivity contribution in [1.29, 1.82) is 5.26 Å². The van der Waals surface area contributed by atoms with Gasteiger partial charge in [-0.3, -0.25) is 0 Å². The molecule has 0 radical (unpaired) electrons. The topological polar surface area (TPSA) is 50.8 Å². The number of rotatable bonds is 4. The van der Waals surface area contributed by atoms with Gasteiger partial charge >= 0.3 is 0 Å². The first kappa shape index (κ1) is 11.2. The van der Waals surface area contributed by atoms with Gasteiger partial charge in [0, 0.05) is 6.54 Å². The van der Waals surface area contributed by atoms with Crippen molar-refractivity contribution in [3.8, 4) is 11.8 Å². The van der Waals surface area contributed by atoms with Crippen LogP contribution in [0.25, 0.3) is 0 Å². The van der Waals surface area contributed by atoms with E-state index in [0.717, 1.165) is 18.0 Å². The van der Waals surface area contributed by atoms with E-state index in [9.17, 15) is 0 Å². The molecule has 2 aromatic rings. The second-order valence-corrected chi connectivity index (χ2v) is 3.60. The Morgan fingerprint density at radius 1 is 1.35 bits per heavy atom. The molecular formula is C13H13N3O. The molecule has 0 aliphatic rings. The lowest BCUT2D eigenvalue weighted by atomic mass is 10.2. The standard InChI is InChI=1S/C13H13N3O/c1-2-16-10-15-8-12(16)9-17-13-5-3-11(7-14)4-6-13/h3-6,8,10H,2,9H2,1H3. The van der Waals surface area contributed by atoms with Gasteiger partial charge in [0.25, 0.3) is 0 Å². The summed E-state index contributed by atoms with van der Waals surface area (Å²) in [4.78, 5) is 4.07. The van der Waals surface area contributed by atoms with Gasteiger partial charge < -0.3 is 9.30 Å². The van der Waals surface area contributed by atoms with Crippen LogP contribution in [0.5, 0.6) is 5.75 Å². The molecule has 0 saturated carbocycles. The number of nitrogens with zero attached hydrogens (tertiary/aromatic N) is 3. The summed E-state index contributed by atoms with van der Waals surface area (Å²) in [5.74, 6) is 0.757. The summed E-state index contributed by atoms with van der Waals surface area (Å²) in [7, 11) is 0. The van der Waals surface area contributed by atoms with E-state index in [2.05, 4.69) is 18.0 Å². The second-order valence-electron chi connectivity index (χ2n) is 3.60. The molecule has 0 bridgehead atoms. The van der Waals surface area contributed by atoms with Crippen LogP contribution in [0, 0.1) is 11.3 Å². The SMILES string of the molecule is CCn1cncc1COc1ccc(C#N)cc1. The Bertz CT molecular complexity index is 522. The number of benzene rings is 1. The zero-order valence-corrected chi connectivity index (χ0v) is 9.63. The van der Waals surface area contributed by atoms with Crippen LogP contribution < -0.4 is 4.74 Å². The largest absolute Gasteiger partial charge is 0.487 e. The van der Waals surface area contributed by atoms with Gasteiger partial charge in [-0.15, -0.1) is 0 Å². The van der Waals surface area contributed by atoms with Crippen molar-refractivity contribution in [3.63, 3.8) is 0 Å². The molecule has 0 fully saturated rings. The number of nitriles is 1. The minimum Gasteiger partial charge on any atom is -0.487 e. The third-order valence-corrected chi connectivity index (χ3v) is 2.51. The van der Waals surface area contributed by atoms with Crippen LogP contribution in [0.15, 0.2) is 36.8 Å². The Morgan fingerprint density at radius 3 is 2.76 bits per heavy atom. The number of aryl methyl sites for hydroxylation is 1.